The second-order valence-corrected chi connectivity index (χ2v) is 3.19. The summed E-state index contributed by atoms with van der Waals surface area (Å²) in [7, 11) is 3.85. The highest BCUT2D eigenvalue weighted by molar-refractivity contribution is 4.60. The third-order valence-corrected chi connectivity index (χ3v) is 2.03. The van der Waals surface area contributed by atoms with Crippen molar-refractivity contribution < 1.29 is 4.74 Å². The number of nitrogens with zero attached hydrogens (tertiary/aromatic N) is 1. The van der Waals surface area contributed by atoms with Gasteiger partial charge in [-0.05, 0) is 26.4 Å². The maximum absolute atomic E-state index is 5.50. The van der Waals surface area contributed by atoms with Crippen molar-refractivity contribution in [1.82, 2.24) is 4.90 Å². The molecule has 0 aliphatic rings. The van der Waals surface area contributed by atoms with E-state index >= 15 is 0 Å². The van der Waals surface area contributed by atoms with Crippen LogP contribution in [0.2, 0.25) is 0 Å². The molecule has 0 aliphatic heterocycles. The summed E-state index contributed by atoms with van der Waals surface area (Å²) in [6.45, 7) is 5.04. The second kappa shape index (κ2) is 7.53. The summed E-state index contributed by atoms with van der Waals surface area (Å²) in [6, 6.07) is 0. The van der Waals surface area contributed by atoms with Gasteiger partial charge in [0.1, 0.15) is 0 Å². The fourth-order valence-electron chi connectivity index (χ4n) is 1.19. The highest BCUT2D eigenvalue weighted by Gasteiger charge is 2.05. The van der Waals surface area contributed by atoms with E-state index in [-0.39, 0.29) is 6.10 Å². The third-order valence-electron chi connectivity index (χ3n) is 2.03. The maximum Gasteiger partial charge on any atom is 0.0705 e. The molecule has 3 nitrogen and oxygen atoms in total. The molecular formula is C9H22N2O. The topological polar surface area (TPSA) is 38.5 Å². The van der Waals surface area contributed by atoms with Crippen molar-refractivity contribution in [2.24, 2.45) is 5.73 Å². The molecule has 0 aliphatic carbocycles. The minimum absolute atomic E-state index is 0.226. The van der Waals surface area contributed by atoms with Gasteiger partial charge in [-0.3, -0.25) is 0 Å². The van der Waals surface area contributed by atoms with Crippen LogP contribution >= 0.6 is 0 Å². The Kier molecular flexibility index (Phi) is 7.45. The lowest BCUT2D eigenvalue weighted by Crippen LogP contribution is -2.29. The monoisotopic (exact) mass is 174 g/mol. The molecule has 0 aromatic heterocycles. The number of methoxy groups -OCH3 is 1. The van der Waals surface area contributed by atoms with Crippen molar-refractivity contribution in [2.45, 2.75) is 25.9 Å². The predicted octanol–water partition coefficient (Wildman–Crippen LogP) is 0.692. The molecule has 0 aromatic carbocycles. The zero-order valence-electron chi connectivity index (χ0n) is 8.55. The van der Waals surface area contributed by atoms with Crippen LogP contribution in [-0.2, 0) is 4.74 Å². The summed E-state index contributed by atoms with van der Waals surface area (Å²) in [6.07, 6.45) is 2.46. The molecule has 12 heavy (non-hydrogen) atoms. The van der Waals surface area contributed by atoms with Crippen molar-refractivity contribution in [3.63, 3.8) is 0 Å². The van der Waals surface area contributed by atoms with Gasteiger partial charge in [-0.15, -0.1) is 0 Å². The first-order valence-electron chi connectivity index (χ1n) is 4.66. The van der Waals surface area contributed by atoms with Crippen molar-refractivity contribution in [1.29, 1.82) is 0 Å². The normalized spacial score (nSPS) is 13.8. The highest BCUT2D eigenvalue weighted by atomic mass is 16.5. The fraction of sp³-hybridized carbons (Fsp3) is 1.00. The lowest BCUT2D eigenvalue weighted by Gasteiger charge is -2.19. The second-order valence-electron chi connectivity index (χ2n) is 3.19. The SMILES string of the molecule is CCCN(C)CCC(CN)OC. The van der Waals surface area contributed by atoms with E-state index in [9.17, 15) is 0 Å². The Morgan fingerprint density at radius 2 is 2.08 bits per heavy atom. The van der Waals surface area contributed by atoms with Gasteiger partial charge in [0.25, 0.3) is 0 Å². The molecule has 0 heterocycles. The molecule has 1 atom stereocenters. The molecule has 1 unspecified atom stereocenters. The number of hydrogen-bond acceptors (Lipinski definition) is 3. The van der Waals surface area contributed by atoms with E-state index in [0.717, 1.165) is 19.5 Å². The van der Waals surface area contributed by atoms with Gasteiger partial charge in [-0.25, -0.2) is 0 Å². The van der Waals surface area contributed by atoms with Gasteiger partial charge >= 0.3 is 0 Å². The van der Waals surface area contributed by atoms with Crippen LogP contribution in [0.4, 0.5) is 0 Å². The van der Waals surface area contributed by atoms with Crippen molar-refractivity contribution >= 4 is 0 Å². The lowest BCUT2D eigenvalue weighted by molar-refractivity contribution is 0.0926. The van der Waals surface area contributed by atoms with Gasteiger partial charge in [-0.2, -0.15) is 0 Å². The smallest absolute Gasteiger partial charge is 0.0705 e. The average Bonchev–Trinajstić information content (AvgIpc) is 2.07. The standard InChI is InChI=1S/C9H22N2O/c1-4-6-11(2)7-5-9(8-10)12-3/h9H,4-8,10H2,1-3H3. The summed E-state index contributed by atoms with van der Waals surface area (Å²) in [5.41, 5.74) is 5.50. The first-order chi connectivity index (χ1) is 5.74. The Hall–Kier alpha value is -0.120. The Labute approximate surface area is 75.9 Å². The Bertz CT molecular complexity index is 94.5. The van der Waals surface area contributed by atoms with Crippen molar-refractivity contribution in [3.05, 3.63) is 0 Å². The minimum Gasteiger partial charge on any atom is -0.380 e. The van der Waals surface area contributed by atoms with Crippen LogP contribution in [0, 0.1) is 0 Å². The van der Waals surface area contributed by atoms with Gasteiger partial charge in [0.05, 0.1) is 6.10 Å². The zero-order valence-corrected chi connectivity index (χ0v) is 8.55. The molecule has 3 heteroatoms. The van der Waals surface area contributed by atoms with E-state index in [1.165, 1.54) is 6.42 Å². The number of rotatable bonds is 7. The lowest BCUT2D eigenvalue weighted by atomic mass is 10.2. The van der Waals surface area contributed by atoms with E-state index in [1.807, 2.05) is 0 Å². The van der Waals surface area contributed by atoms with E-state index in [1.54, 1.807) is 7.11 Å². The van der Waals surface area contributed by atoms with Crippen molar-refractivity contribution in [3.8, 4) is 0 Å². The molecule has 0 bridgehead atoms. The minimum atomic E-state index is 0.226. The molecule has 2 N–H and O–H groups in total. The fourth-order valence-corrected chi connectivity index (χ4v) is 1.19. The van der Waals surface area contributed by atoms with Gasteiger partial charge in [0.2, 0.25) is 0 Å². The van der Waals surface area contributed by atoms with Crippen molar-refractivity contribution in [2.75, 3.05) is 33.8 Å². The zero-order chi connectivity index (χ0) is 9.40. The van der Waals surface area contributed by atoms with Crippen LogP contribution in [0.25, 0.3) is 0 Å². The number of ether oxygens (including phenoxy) is 1. The number of hydrogen-bond donors (Lipinski definition) is 1. The molecule has 0 spiro atoms. The Morgan fingerprint density at radius 3 is 2.50 bits per heavy atom. The molecule has 0 saturated carbocycles. The summed E-state index contributed by atoms with van der Waals surface area (Å²) in [5, 5.41) is 0. The summed E-state index contributed by atoms with van der Waals surface area (Å²) in [4.78, 5) is 2.31. The first kappa shape index (κ1) is 11.9. The molecular weight excluding hydrogens is 152 g/mol. The van der Waals surface area contributed by atoms with E-state index in [4.69, 9.17) is 10.5 Å². The molecule has 0 rings (SSSR count). The first-order valence-corrected chi connectivity index (χ1v) is 4.66. The van der Waals surface area contributed by atoms with Gasteiger partial charge in [0, 0.05) is 20.2 Å². The summed E-state index contributed by atoms with van der Waals surface area (Å²) < 4.78 is 5.18. The molecule has 0 aromatic rings. The summed E-state index contributed by atoms with van der Waals surface area (Å²) in [5.74, 6) is 0. The Morgan fingerprint density at radius 1 is 1.42 bits per heavy atom. The van der Waals surface area contributed by atoms with Crippen LogP contribution in [0.5, 0.6) is 0 Å². The van der Waals surface area contributed by atoms with Crippen LogP contribution < -0.4 is 5.73 Å². The van der Waals surface area contributed by atoms with Gasteiger partial charge < -0.3 is 15.4 Å². The van der Waals surface area contributed by atoms with Crippen LogP contribution in [0.3, 0.4) is 0 Å². The predicted molar refractivity (Wildman–Crippen MR) is 52.3 cm³/mol. The van der Waals surface area contributed by atoms with E-state index < -0.39 is 0 Å². The number of nitrogens with two attached hydrogens (primary N) is 1. The van der Waals surface area contributed by atoms with E-state index in [2.05, 4.69) is 18.9 Å². The van der Waals surface area contributed by atoms with E-state index in [0.29, 0.717) is 6.54 Å². The molecule has 0 fully saturated rings. The van der Waals surface area contributed by atoms with Crippen LogP contribution in [-0.4, -0.2) is 44.8 Å². The van der Waals surface area contributed by atoms with Gasteiger partial charge in [0.15, 0.2) is 0 Å². The molecule has 0 saturated heterocycles. The van der Waals surface area contributed by atoms with Gasteiger partial charge in [-0.1, -0.05) is 6.92 Å². The molecule has 0 radical (unpaired) electrons. The molecule has 0 amide bonds. The highest BCUT2D eigenvalue weighted by Crippen LogP contribution is 1.97. The van der Waals surface area contributed by atoms with Crippen LogP contribution in [0.1, 0.15) is 19.8 Å². The largest absolute Gasteiger partial charge is 0.380 e. The maximum atomic E-state index is 5.50. The average molecular weight is 174 g/mol. The third kappa shape index (κ3) is 5.52. The molecule has 74 valence electrons. The summed E-state index contributed by atoms with van der Waals surface area (Å²) >= 11 is 0. The Balaban J connectivity index is 3.37. The van der Waals surface area contributed by atoms with Crippen LogP contribution in [0.15, 0.2) is 0 Å². The quantitative estimate of drug-likeness (QED) is 0.617.